The van der Waals surface area contributed by atoms with Crippen molar-refractivity contribution < 1.29 is 9.90 Å². The number of anilines is 1. The molecule has 1 N–H and O–H groups in total. The van der Waals surface area contributed by atoms with Crippen molar-refractivity contribution in [1.82, 2.24) is 0 Å². The third-order valence-electron chi connectivity index (χ3n) is 7.61. The molecule has 0 aromatic heterocycles. The van der Waals surface area contributed by atoms with Gasteiger partial charge in [0.25, 0.3) is 0 Å². The van der Waals surface area contributed by atoms with Crippen LogP contribution in [0.2, 0.25) is 0 Å². The van der Waals surface area contributed by atoms with Gasteiger partial charge < -0.3 is 10.0 Å². The number of allylic oxidation sites excluding steroid dienone is 7. The Bertz CT molecular complexity index is 1510. The van der Waals surface area contributed by atoms with Crippen LogP contribution in [0.5, 0.6) is 0 Å². The smallest absolute Gasteiger partial charge is 0.347 e. The van der Waals surface area contributed by atoms with Gasteiger partial charge in [-0.15, -0.1) is 0 Å². The summed E-state index contributed by atoms with van der Waals surface area (Å²) >= 11 is 12.9. The summed E-state index contributed by atoms with van der Waals surface area (Å²) in [5, 5.41) is 12.2. The monoisotopic (exact) mass is 529 g/mol. The van der Waals surface area contributed by atoms with Crippen molar-refractivity contribution in [3.05, 3.63) is 123 Å². The minimum atomic E-state index is -1.16. The van der Waals surface area contributed by atoms with E-state index in [1.165, 1.54) is 39.4 Å². The average molecular weight is 530 g/mol. The molecule has 37 heavy (non-hydrogen) atoms. The highest BCUT2D eigenvalue weighted by Gasteiger charge is 2.39. The van der Waals surface area contributed by atoms with Crippen LogP contribution in [0.4, 0.5) is 5.69 Å². The second kappa shape index (κ2) is 9.89. The van der Waals surface area contributed by atoms with Crippen molar-refractivity contribution in [2.24, 2.45) is 0 Å². The summed E-state index contributed by atoms with van der Waals surface area (Å²) in [6, 6.07) is 23.2. The molecule has 1 atom stereocenters. The molecule has 1 heterocycles. The minimum absolute atomic E-state index is 0.174. The summed E-state index contributed by atoms with van der Waals surface area (Å²) in [6.07, 6.45) is 7.15. The zero-order valence-electron chi connectivity index (χ0n) is 21.1. The summed E-state index contributed by atoms with van der Waals surface area (Å²) in [6.45, 7) is 4.52. The number of carbonyl (C=O) groups is 1. The first-order valence-electron chi connectivity index (χ1n) is 12.4. The molecule has 1 unspecified atom stereocenters. The molecule has 5 heteroatoms. The molecule has 0 spiro atoms. The van der Waals surface area contributed by atoms with E-state index in [0.29, 0.717) is 11.5 Å². The minimum Gasteiger partial charge on any atom is -0.477 e. The number of likely N-dealkylation sites (N-methyl/N-ethyl adjacent to an activating group) is 1. The molecule has 0 amide bonds. The SMILES string of the molecule is CN1/C(=C/C=C2\CC(c3ccccc3)CC(/C=C(\Cl)C(=O)O)=C2Cl)C(C)(C)c2c1ccc1ccccc21. The van der Waals surface area contributed by atoms with Crippen LogP contribution in [0.3, 0.4) is 0 Å². The second-order valence-electron chi connectivity index (χ2n) is 10.3. The Labute approximate surface area is 228 Å². The lowest BCUT2D eigenvalue weighted by Crippen LogP contribution is -2.22. The van der Waals surface area contributed by atoms with E-state index in [1.54, 1.807) is 0 Å². The van der Waals surface area contributed by atoms with E-state index in [2.05, 4.69) is 86.5 Å². The predicted molar refractivity (Wildman–Crippen MR) is 154 cm³/mol. The van der Waals surface area contributed by atoms with Gasteiger partial charge in [-0.05, 0) is 70.0 Å². The van der Waals surface area contributed by atoms with Gasteiger partial charge in [0.1, 0.15) is 5.03 Å². The third-order valence-corrected chi connectivity index (χ3v) is 8.37. The van der Waals surface area contributed by atoms with Crippen molar-refractivity contribution >= 4 is 45.6 Å². The van der Waals surface area contributed by atoms with Gasteiger partial charge in [0.15, 0.2) is 0 Å². The van der Waals surface area contributed by atoms with Gasteiger partial charge in [0.05, 0.1) is 0 Å². The van der Waals surface area contributed by atoms with Crippen LogP contribution < -0.4 is 4.90 Å². The maximum atomic E-state index is 11.4. The van der Waals surface area contributed by atoms with E-state index in [0.717, 1.165) is 17.6 Å². The normalized spacial score (nSPS) is 21.7. The van der Waals surface area contributed by atoms with E-state index in [4.69, 9.17) is 23.2 Å². The average Bonchev–Trinajstić information content (AvgIpc) is 3.09. The lowest BCUT2D eigenvalue weighted by Gasteiger charge is -2.27. The number of halogens is 2. The predicted octanol–water partition coefficient (Wildman–Crippen LogP) is 8.66. The Kier molecular flexibility index (Phi) is 6.78. The fourth-order valence-corrected chi connectivity index (χ4v) is 6.20. The molecule has 0 saturated carbocycles. The number of nitrogens with zero attached hydrogens (tertiary/aromatic N) is 1. The van der Waals surface area contributed by atoms with Gasteiger partial charge in [0, 0.05) is 28.9 Å². The molecular weight excluding hydrogens is 501 g/mol. The van der Waals surface area contributed by atoms with E-state index >= 15 is 0 Å². The van der Waals surface area contributed by atoms with Gasteiger partial charge in [-0.1, -0.05) is 104 Å². The number of benzene rings is 3. The highest BCUT2D eigenvalue weighted by molar-refractivity contribution is 6.41. The van der Waals surface area contributed by atoms with Crippen LogP contribution in [-0.4, -0.2) is 18.1 Å². The van der Waals surface area contributed by atoms with Gasteiger partial charge >= 0.3 is 5.97 Å². The summed E-state index contributed by atoms with van der Waals surface area (Å²) < 4.78 is 0. The molecule has 1 aliphatic carbocycles. The van der Waals surface area contributed by atoms with E-state index < -0.39 is 5.97 Å². The number of hydrogen-bond acceptors (Lipinski definition) is 2. The molecular formula is C32H29Cl2NO2. The van der Waals surface area contributed by atoms with Crippen LogP contribution in [0, 0.1) is 0 Å². The topological polar surface area (TPSA) is 40.5 Å². The first kappa shape index (κ1) is 25.4. The van der Waals surface area contributed by atoms with E-state index in [9.17, 15) is 9.90 Å². The van der Waals surface area contributed by atoms with Crippen molar-refractivity contribution in [2.75, 3.05) is 11.9 Å². The Hall–Kier alpha value is -3.27. The number of rotatable bonds is 4. The molecule has 0 radical (unpaired) electrons. The molecule has 0 fully saturated rings. The molecule has 3 aromatic rings. The van der Waals surface area contributed by atoms with E-state index in [-0.39, 0.29) is 16.4 Å². The quantitative estimate of drug-likeness (QED) is 0.343. The zero-order valence-corrected chi connectivity index (χ0v) is 22.6. The van der Waals surface area contributed by atoms with Crippen LogP contribution in [0.25, 0.3) is 10.8 Å². The zero-order chi connectivity index (χ0) is 26.3. The maximum Gasteiger partial charge on any atom is 0.347 e. The Morgan fingerprint density at radius 1 is 1.00 bits per heavy atom. The summed E-state index contributed by atoms with van der Waals surface area (Å²) in [7, 11) is 2.11. The van der Waals surface area contributed by atoms with Crippen LogP contribution in [0.15, 0.2) is 112 Å². The van der Waals surface area contributed by atoms with Crippen LogP contribution >= 0.6 is 23.2 Å². The van der Waals surface area contributed by atoms with Crippen molar-refractivity contribution in [1.29, 1.82) is 0 Å². The first-order chi connectivity index (χ1) is 17.7. The molecule has 2 aliphatic rings. The third kappa shape index (κ3) is 4.63. The van der Waals surface area contributed by atoms with Gasteiger partial charge in [0.2, 0.25) is 0 Å². The molecule has 188 valence electrons. The van der Waals surface area contributed by atoms with Crippen molar-refractivity contribution in [3.63, 3.8) is 0 Å². The second-order valence-corrected chi connectivity index (χ2v) is 11.0. The van der Waals surface area contributed by atoms with Crippen LogP contribution in [-0.2, 0) is 10.2 Å². The molecule has 0 saturated heterocycles. The van der Waals surface area contributed by atoms with Crippen LogP contribution in [0.1, 0.15) is 43.7 Å². The summed E-state index contributed by atoms with van der Waals surface area (Å²) in [5.41, 5.74) is 6.41. The lowest BCUT2D eigenvalue weighted by molar-refractivity contribution is -0.131. The molecule has 3 nitrogen and oxygen atoms in total. The first-order valence-corrected chi connectivity index (χ1v) is 13.2. The fourth-order valence-electron chi connectivity index (χ4n) is 5.80. The number of aliphatic carboxylic acids is 1. The fraction of sp³-hybridized carbons (Fsp3) is 0.219. The largest absolute Gasteiger partial charge is 0.477 e. The molecule has 0 bridgehead atoms. The summed E-state index contributed by atoms with van der Waals surface area (Å²) in [4.78, 5) is 13.7. The molecule has 1 aliphatic heterocycles. The molecule has 5 rings (SSSR count). The highest BCUT2D eigenvalue weighted by Crippen LogP contribution is 2.50. The van der Waals surface area contributed by atoms with Crippen molar-refractivity contribution in [3.8, 4) is 0 Å². The van der Waals surface area contributed by atoms with Gasteiger partial charge in [-0.3, -0.25) is 0 Å². The number of carboxylic acids is 1. The Morgan fingerprint density at radius 2 is 1.70 bits per heavy atom. The van der Waals surface area contributed by atoms with Gasteiger partial charge in [-0.2, -0.15) is 0 Å². The van der Waals surface area contributed by atoms with E-state index in [1.807, 2.05) is 18.2 Å². The standard InChI is InChI=1S/C32H29Cl2NO2/c1-32(2)28(35(3)27-15-13-21-11-7-8-12-25(21)29(27)32)16-14-22-17-23(20-9-5-4-6-10-20)18-24(30(22)34)19-26(33)31(36)37/h4-16,19,23H,17-18H2,1-3H3,(H,36,37)/b22-14+,26-19-,28-16+. The highest BCUT2D eigenvalue weighted by atomic mass is 35.5. The number of hydrogen-bond donors (Lipinski definition) is 1. The van der Waals surface area contributed by atoms with Gasteiger partial charge in [-0.25, -0.2) is 4.79 Å². The Morgan fingerprint density at radius 3 is 2.43 bits per heavy atom. The lowest BCUT2D eigenvalue weighted by atomic mass is 9.79. The molecule has 3 aromatic carbocycles. The number of carboxylic acid groups (broad SMARTS) is 1. The number of fused-ring (bicyclic) bond motifs is 3. The summed E-state index contributed by atoms with van der Waals surface area (Å²) in [5.74, 6) is -0.985. The Balaban J connectivity index is 1.60. The maximum absolute atomic E-state index is 11.4. The van der Waals surface area contributed by atoms with Crippen molar-refractivity contribution in [2.45, 2.75) is 38.0 Å².